The lowest BCUT2D eigenvalue weighted by atomic mass is 9.99. The lowest BCUT2D eigenvalue weighted by molar-refractivity contribution is -0.154. The molecule has 6 rings (SSSR count). The van der Waals surface area contributed by atoms with Crippen LogP contribution in [0.1, 0.15) is 37.4 Å². The molecule has 3 aromatic carbocycles. The maximum absolute atomic E-state index is 13.9. The van der Waals surface area contributed by atoms with Gasteiger partial charge in [0.2, 0.25) is 11.9 Å². The van der Waals surface area contributed by atoms with E-state index in [1.165, 1.54) is 29.6 Å². The van der Waals surface area contributed by atoms with Gasteiger partial charge in [0, 0.05) is 20.5 Å². The van der Waals surface area contributed by atoms with Crippen molar-refractivity contribution in [3.63, 3.8) is 0 Å². The maximum Gasteiger partial charge on any atom is 0.425 e. The van der Waals surface area contributed by atoms with Crippen LogP contribution in [-0.2, 0) is 28.5 Å². The third-order valence-electron chi connectivity index (χ3n) is 8.05. The minimum atomic E-state index is -1.06. The molecule has 0 bridgehead atoms. The molecule has 1 fully saturated rings. The highest BCUT2D eigenvalue weighted by molar-refractivity contribution is 5.98. The average Bonchev–Trinajstić information content (AvgIpc) is 3.71. The largest absolute Gasteiger partial charge is 0.459 e. The molecule has 15 heteroatoms. The van der Waals surface area contributed by atoms with E-state index in [2.05, 4.69) is 20.3 Å². The van der Waals surface area contributed by atoms with Gasteiger partial charge in [-0.15, -0.1) is 0 Å². The second kappa shape index (κ2) is 16.2. The molecule has 2 aromatic heterocycles. The number of para-hydroxylation sites is 2. The van der Waals surface area contributed by atoms with Crippen molar-refractivity contribution >= 4 is 52.4 Å². The number of hydrogen-bond acceptors (Lipinski definition) is 12. The molecule has 0 unspecified atom stereocenters. The highest BCUT2D eigenvalue weighted by Crippen LogP contribution is 2.39. The zero-order valence-corrected chi connectivity index (χ0v) is 28.6. The standard InChI is InChI=1S/C37H36N6O9/c1-4-48-20-28-29(21-49-35(46)25-14-8-5-9-15-25)51-34(31(28)50-24(3)45)42-22-38-30-32(42)40-36(39-23(2)44)41-33(30)52-37(47)43(26-16-10-6-11-17-26)27-18-12-7-13-19-27/h5-19,22,28-29,31,34H,4,20-21H2,1-3H3,(H,39,40,41,44)/t28-,29-,31-,34-/m1/s1. The number of carbonyl (C=O) groups is 4. The van der Waals surface area contributed by atoms with Gasteiger partial charge in [-0.2, -0.15) is 9.97 Å². The van der Waals surface area contributed by atoms with E-state index in [0.29, 0.717) is 23.5 Å². The molecule has 4 atom stereocenters. The van der Waals surface area contributed by atoms with Crippen molar-refractivity contribution in [1.29, 1.82) is 0 Å². The molecule has 1 saturated heterocycles. The highest BCUT2D eigenvalue weighted by atomic mass is 16.6. The van der Waals surface area contributed by atoms with Crippen LogP contribution in [0.4, 0.5) is 22.1 Å². The van der Waals surface area contributed by atoms with Crippen molar-refractivity contribution in [2.45, 2.75) is 39.2 Å². The molecular formula is C37H36N6O9. The summed E-state index contributed by atoms with van der Waals surface area (Å²) in [6.07, 6.45) is -2.25. The van der Waals surface area contributed by atoms with E-state index >= 15 is 0 Å². The Hall–Kier alpha value is -6.19. The first-order valence-corrected chi connectivity index (χ1v) is 16.5. The number of nitrogens with zero attached hydrogens (tertiary/aromatic N) is 5. The third kappa shape index (κ3) is 8.06. The monoisotopic (exact) mass is 708 g/mol. The van der Waals surface area contributed by atoms with Gasteiger partial charge in [0.15, 0.2) is 23.5 Å². The summed E-state index contributed by atoms with van der Waals surface area (Å²) in [7, 11) is 0. The maximum atomic E-state index is 13.9. The molecule has 1 aliphatic heterocycles. The van der Waals surface area contributed by atoms with Crippen molar-refractivity contribution in [2.24, 2.45) is 5.92 Å². The van der Waals surface area contributed by atoms with E-state index in [1.807, 2.05) is 19.1 Å². The number of amides is 2. The molecule has 5 aromatic rings. The van der Waals surface area contributed by atoms with Gasteiger partial charge < -0.3 is 23.7 Å². The van der Waals surface area contributed by atoms with Gasteiger partial charge >= 0.3 is 18.0 Å². The van der Waals surface area contributed by atoms with Gasteiger partial charge in [-0.05, 0) is 43.3 Å². The molecular weight excluding hydrogens is 672 g/mol. The molecule has 2 amide bonds. The quantitative estimate of drug-likeness (QED) is 0.162. The van der Waals surface area contributed by atoms with Crippen LogP contribution in [0.25, 0.3) is 11.2 Å². The molecule has 0 saturated carbocycles. The predicted molar refractivity (Wildman–Crippen MR) is 187 cm³/mol. The van der Waals surface area contributed by atoms with E-state index in [1.54, 1.807) is 78.9 Å². The molecule has 15 nitrogen and oxygen atoms in total. The summed E-state index contributed by atoms with van der Waals surface area (Å²) in [5, 5.41) is 2.54. The van der Waals surface area contributed by atoms with Gasteiger partial charge in [-0.1, -0.05) is 54.6 Å². The average molecular weight is 709 g/mol. The molecule has 0 radical (unpaired) electrons. The Labute approximate surface area is 298 Å². The van der Waals surface area contributed by atoms with Gasteiger partial charge in [-0.3, -0.25) is 19.5 Å². The first kappa shape index (κ1) is 35.6. The summed E-state index contributed by atoms with van der Waals surface area (Å²) in [6, 6.07) is 26.3. The van der Waals surface area contributed by atoms with Gasteiger partial charge in [0.1, 0.15) is 12.7 Å². The minimum Gasteiger partial charge on any atom is -0.459 e. The zero-order chi connectivity index (χ0) is 36.6. The molecule has 52 heavy (non-hydrogen) atoms. The minimum absolute atomic E-state index is 0.0500. The van der Waals surface area contributed by atoms with Crippen molar-refractivity contribution in [3.05, 3.63) is 103 Å². The highest BCUT2D eigenvalue weighted by Gasteiger charge is 2.49. The Morgan fingerprint density at radius 1 is 0.865 bits per heavy atom. The number of aromatic nitrogens is 4. The molecule has 268 valence electrons. The Balaban J connectivity index is 1.37. The fourth-order valence-electron chi connectivity index (χ4n) is 5.78. The Morgan fingerprint density at radius 2 is 1.50 bits per heavy atom. The number of anilines is 3. The number of ether oxygens (including phenoxy) is 5. The predicted octanol–water partition coefficient (Wildman–Crippen LogP) is 5.46. The summed E-state index contributed by atoms with van der Waals surface area (Å²) in [6.45, 7) is 4.65. The van der Waals surface area contributed by atoms with Crippen LogP contribution >= 0.6 is 0 Å². The molecule has 0 aliphatic carbocycles. The number of carbonyl (C=O) groups excluding carboxylic acids is 4. The summed E-state index contributed by atoms with van der Waals surface area (Å²) in [5.41, 5.74) is 1.55. The summed E-state index contributed by atoms with van der Waals surface area (Å²) < 4.78 is 31.0. The molecule has 3 heterocycles. The van der Waals surface area contributed by atoms with Crippen LogP contribution in [0.15, 0.2) is 97.3 Å². The van der Waals surface area contributed by atoms with Crippen LogP contribution in [0, 0.1) is 5.92 Å². The van der Waals surface area contributed by atoms with E-state index in [-0.39, 0.29) is 36.2 Å². The smallest absolute Gasteiger partial charge is 0.425 e. The van der Waals surface area contributed by atoms with E-state index < -0.39 is 48.3 Å². The van der Waals surface area contributed by atoms with Crippen molar-refractivity contribution in [3.8, 4) is 5.88 Å². The number of imidazole rings is 1. The van der Waals surface area contributed by atoms with Crippen LogP contribution in [-0.4, -0.2) is 75.5 Å². The van der Waals surface area contributed by atoms with E-state index in [4.69, 9.17) is 23.7 Å². The summed E-state index contributed by atoms with van der Waals surface area (Å²) in [5.74, 6) is -2.65. The van der Waals surface area contributed by atoms with Crippen molar-refractivity contribution in [2.75, 3.05) is 30.0 Å². The fourth-order valence-corrected chi connectivity index (χ4v) is 5.78. The number of fused-ring (bicyclic) bond motifs is 1. The van der Waals surface area contributed by atoms with E-state index in [9.17, 15) is 19.2 Å². The fraction of sp³-hybridized carbons (Fsp3) is 0.270. The molecule has 1 N–H and O–H groups in total. The SMILES string of the molecule is CCOC[C@H]1[C@@H](OC(C)=O)[C@H](n2cnc3c(OC(=O)N(c4ccccc4)c4ccccc4)nc(NC(C)=O)nc32)O[C@@H]1COC(=O)c1ccccc1. The Bertz CT molecular complexity index is 1990. The van der Waals surface area contributed by atoms with Crippen LogP contribution in [0.3, 0.4) is 0 Å². The first-order chi connectivity index (χ1) is 25.2. The summed E-state index contributed by atoms with van der Waals surface area (Å²) >= 11 is 0. The Morgan fingerprint density at radius 3 is 2.10 bits per heavy atom. The zero-order valence-electron chi connectivity index (χ0n) is 28.6. The third-order valence-corrected chi connectivity index (χ3v) is 8.05. The van der Waals surface area contributed by atoms with E-state index in [0.717, 1.165) is 0 Å². The molecule has 1 aliphatic rings. The lowest BCUT2D eigenvalue weighted by Crippen LogP contribution is -2.36. The van der Waals surface area contributed by atoms with Crippen molar-refractivity contribution < 1.29 is 42.9 Å². The number of benzene rings is 3. The van der Waals surface area contributed by atoms with Gasteiger partial charge in [-0.25, -0.2) is 19.5 Å². The first-order valence-electron chi connectivity index (χ1n) is 16.5. The van der Waals surface area contributed by atoms with Crippen LogP contribution in [0.2, 0.25) is 0 Å². The number of rotatable bonds is 12. The van der Waals surface area contributed by atoms with Gasteiger partial charge in [0.05, 0.1) is 35.8 Å². The second-order valence-corrected chi connectivity index (χ2v) is 11.7. The lowest BCUT2D eigenvalue weighted by Gasteiger charge is -2.24. The summed E-state index contributed by atoms with van der Waals surface area (Å²) in [4.78, 5) is 66.0. The van der Waals surface area contributed by atoms with Crippen LogP contribution in [0.5, 0.6) is 5.88 Å². The Kier molecular flexibility index (Phi) is 11.1. The molecule has 0 spiro atoms. The number of esters is 2. The number of nitrogens with one attached hydrogen (secondary N) is 1. The second-order valence-electron chi connectivity index (χ2n) is 11.7. The van der Waals surface area contributed by atoms with Crippen molar-refractivity contribution in [1.82, 2.24) is 19.5 Å². The number of hydrogen-bond donors (Lipinski definition) is 1. The normalized spacial score (nSPS) is 18.1. The van der Waals surface area contributed by atoms with Gasteiger partial charge in [0.25, 0.3) is 5.88 Å². The topological polar surface area (TPSA) is 173 Å². The van der Waals surface area contributed by atoms with Crippen LogP contribution < -0.4 is 15.0 Å².